The van der Waals surface area contributed by atoms with Crippen LogP contribution in [0.2, 0.25) is 10.0 Å². The van der Waals surface area contributed by atoms with Crippen LogP contribution in [-0.4, -0.2) is 41.8 Å². The highest BCUT2D eigenvalue weighted by molar-refractivity contribution is 14.1. The first-order chi connectivity index (χ1) is 19.7. The van der Waals surface area contributed by atoms with Crippen molar-refractivity contribution in [1.82, 2.24) is 10.2 Å². The normalized spacial score (nSPS) is 24.1. The van der Waals surface area contributed by atoms with Crippen LogP contribution in [0, 0.1) is 3.57 Å². The summed E-state index contributed by atoms with van der Waals surface area (Å²) < 4.78 is 0.985. The maximum atomic E-state index is 14.4. The van der Waals surface area contributed by atoms with E-state index in [2.05, 4.69) is 38.5 Å². The quantitative estimate of drug-likeness (QED) is 0.280. The molecule has 0 saturated carbocycles. The molecule has 6 rings (SSSR count). The molecule has 0 aliphatic carbocycles. The predicted molar refractivity (Wildman–Crippen MR) is 170 cm³/mol. The number of anilines is 2. The van der Waals surface area contributed by atoms with Gasteiger partial charge < -0.3 is 20.9 Å². The van der Waals surface area contributed by atoms with E-state index in [4.69, 9.17) is 23.2 Å². The number of fused-ring (bicyclic) bond motifs is 2. The van der Waals surface area contributed by atoms with Gasteiger partial charge in [0.15, 0.2) is 0 Å². The van der Waals surface area contributed by atoms with E-state index in [9.17, 15) is 14.4 Å². The number of rotatable bonds is 4. The third kappa shape index (κ3) is 5.08. The molecule has 7 nitrogen and oxygen atoms in total. The topological polar surface area (TPSA) is 90.5 Å². The summed E-state index contributed by atoms with van der Waals surface area (Å²) in [6, 6.07) is 18.4. The van der Waals surface area contributed by atoms with Crippen molar-refractivity contribution in [2.75, 3.05) is 23.7 Å². The van der Waals surface area contributed by atoms with Crippen molar-refractivity contribution in [2.24, 2.45) is 0 Å². The van der Waals surface area contributed by atoms with Gasteiger partial charge in [-0.2, -0.15) is 0 Å². The Hall–Kier alpha value is -2.82. The number of hydrogen-bond acceptors (Lipinski definition) is 4. The van der Waals surface area contributed by atoms with Crippen LogP contribution >= 0.6 is 45.8 Å². The van der Waals surface area contributed by atoms with Crippen molar-refractivity contribution in [1.29, 1.82) is 0 Å². The summed E-state index contributed by atoms with van der Waals surface area (Å²) >= 11 is 15.1. The van der Waals surface area contributed by atoms with E-state index >= 15 is 0 Å². The number of carbonyl (C=O) groups is 3. The van der Waals surface area contributed by atoms with E-state index in [1.807, 2.05) is 47.4 Å². The Labute approximate surface area is 262 Å². The number of piperidine rings is 2. The maximum absolute atomic E-state index is 14.4. The molecule has 2 fully saturated rings. The molecule has 3 N–H and O–H groups in total. The third-order valence-corrected chi connectivity index (χ3v) is 9.77. The number of likely N-dealkylation sites (tertiary alicyclic amines) is 1. The fourth-order valence-corrected chi connectivity index (χ4v) is 7.62. The number of hydrogen-bond donors (Lipinski definition) is 3. The van der Waals surface area contributed by atoms with E-state index in [-0.39, 0.29) is 30.2 Å². The Morgan fingerprint density at radius 3 is 2.51 bits per heavy atom. The molecule has 0 aromatic heterocycles. The SMILES string of the molecule is CC(=O)N1CCC(Nc2ccc(I)cc2[C@H]2NC(=O)C[C@@H](c3cccc(Cl)c3)C23C(=O)Nc2cc(Cl)ccc23)CC1. The zero-order chi connectivity index (χ0) is 28.9. The number of amides is 3. The van der Waals surface area contributed by atoms with Gasteiger partial charge in [0, 0.05) is 68.9 Å². The van der Waals surface area contributed by atoms with E-state index in [1.165, 1.54) is 0 Å². The van der Waals surface area contributed by atoms with E-state index in [1.54, 1.807) is 25.1 Å². The smallest absolute Gasteiger partial charge is 0.238 e. The van der Waals surface area contributed by atoms with Gasteiger partial charge in [0.2, 0.25) is 17.7 Å². The molecule has 3 aromatic carbocycles. The van der Waals surface area contributed by atoms with Gasteiger partial charge in [0.05, 0.1) is 6.04 Å². The van der Waals surface area contributed by atoms with Crippen LogP contribution in [0.1, 0.15) is 54.8 Å². The van der Waals surface area contributed by atoms with E-state index in [0.717, 1.165) is 38.8 Å². The van der Waals surface area contributed by atoms with Crippen LogP contribution in [0.5, 0.6) is 0 Å². The number of nitrogens with one attached hydrogen (secondary N) is 3. The van der Waals surface area contributed by atoms with Gasteiger partial charge in [-0.3, -0.25) is 14.4 Å². The van der Waals surface area contributed by atoms with Crippen molar-refractivity contribution in [3.05, 3.63) is 91.0 Å². The number of halogens is 3. The van der Waals surface area contributed by atoms with Crippen molar-refractivity contribution in [2.45, 2.75) is 49.6 Å². The second-order valence-corrected chi connectivity index (χ2v) is 13.1. The number of benzene rings is 3. The number of nitrogens with zero attached hydrogens (tertiary/aromatic N) is 1. The van der Waals surface area contributed by atoms with Crippen molar-refractivity contribution >= 4 is 74.9 Å². The third-order valence-electron chi connectivity index (χ3n) is 8.63. The van der Waals surface area contributed by atoms with Crippen LogP contribution in [0.4, 0.5) is 11.4 Å². The van der Waals surface area contributed by atoms with Gasteiger partial charge in [0.25, 0.3) is 0 Å². The minimum absolute atomic E-state index is 0.0864. The van der Waals surface area contributed by atoms with Crippen molar-refractivity contribution < 1.29 is 14.4 Å². The van der Waals surface area contributed by atoms with Crippen LogP contribution in [0.3, 0.4) is 0 Å². The van der Waals surface area contributed by atoms with Crippen LogP contribution < -0.4 is 16.0 Å². The van der Waals surface area contributed by atoms with Gasteiger partial charge >= 0.3 is 0 Å². The lowest BCUT2D eigenvalue weighted by molar-refractivity contribution is -0.131. The average Bonchev–Trinajstić information content (AvgIpc) is 3.22. The highest BCUT2D eigenvalue weighted by Crippen LogP contribution is 2.58. The number of carbonyl (C=O) groups excluding carboxylic acids is 3. The Kier molecular flexibility index (Phi) is 7.67. The van der Waals surface area contributed by atoms with Gasteiger partial charge in [-0.1, -0.05) is 41.4 Å². The Bertz CT molecular complexity index is 1560. The maximum Gasteiger partial charge on any atom is 0.238 e. The second kappa shape index (κ2) is 11.1. The molecule has 10 heteroatoms. The van der Waals surface area contributed by atoms with Crippen molar-refractivity contribution in [3.8, 4) is 0 Å². The van der Waals surface area contributed by atoms with E-state index in [0.29, 0.717) is 28.8 Å². The van der Waals surface area contributed by atoms with Gasteiger partial charge in [0.1, 0.15) is 5.41 Å². The molecule has 3 amide bonds. The summed E-state index contributed by atoms with van der Waals surface area (Å²) in [5.41, 5.74) is 2.81. The van der Waals surface area contributed by atoms with Crippen LogP contribution in [0.15, 0.2) is 60.7 Å². The lowest BCUT2D eigenvalue weighted by atomic mass is 9.59. The average molecular weight is 703 g/mol. The van der Waals surface area contributed by atoms with Crippen LogP contribution in [-0.2, 0) is 19.8 Å². The molecule has 41 heavy (non-hydrogen) atoms. The highest BCUT2D eigenvalue weighted by Gasteiger charge is 2.61. The van der Waals surface area contributed by atoms with E-state index < -0.39 is 17.4 Å². The first kappa shape index (κ1) is 28.3. The minimum Gasteiger partial charge on any atom is -0.382 e. The molecule has 1 unspecified atom stereocenters. The summed E-state index contributed by atoms with van der Waals surface area (Å²) in [5.74, 6) is -0.722. The zero-order valence-corrected chi connectivity index (χ0v) is 26.0. The molecule has 3 heterocycles. The fraction of sp³-hybridized carbons (Fsp3) is 0.323. The lowest BCUT2D eigenvalue weighted by Gasteiger charge is -2.47. The summed E-state index contributed by atoms with van der Waals surface area (Å²) in [4.78, 5) is 41.6. The molecule has 3 atom stereocenters. The summed E-state index contributed by atoms with van der Waals surface area (Å²) in [5, 5.41) is 11.1. The minimum atomic E-state index is -1.16. The Morgan fingerprint density at radius 2 is 1.78 bits per heavy atom. The summed E-state index contributed by atoms with van der Waals surface area (Å²) in [6.45, 7) is 2.97. The molecule has 3 aliphatic heterocycles. The molecule has 3 aromatic rings. The standard InChI is InChI=1S/C31H29Cl2IN4O3/c1-17(39)38-11-9-22(10-12-38)35-26-8-6-21(34)15-23(26)29-31(24-7-5-20(33)14-27(24)36-30(31)41)25(16-28(40)37-29)18-3-2-4-19(32)13-18/h2-8,13-15,22,25,29,35H,9-12,16H2,1H3,(H,36,41)(H,37,40)/t25-,29+,31?/m0/s1. The predicted octanol–water partition coefficient (Wildman–Crippen LogP) is 6.26. The molecule has 0 radical (unpaired) electrons. The molecule has 0 bridgehead atoms. The Morgan fingerprint density at radius 1 is 1.02 bits per heavy atom. The first-order valence-electron chi connectivity index (χ1n) is 13.6. The summed E-state index contributed by atoms with van der Waals surface area (Å²) in [7, 11) is 0. The lowest BCUT2D eigenvalue weighted by Crippen LogP contribution is -2.57. The molecular weight excluding hydrogens is 674 g/mol. The zero-order valence-electron chi connectivity index (χ0n) is 22.3. The molecule has 2 saturated heterocycles. The van der Waals surface area contributed by atoms with Crippen molar-refractivity contribution in [3.63, 3.8) is 0 Å². The second-order valence-electron chi connectivity index (χ2n) is 11.0. The molecule has 1 spiro atoms. The van der Waals surface area contributed by atoms with Gasteiger partial charge in [-0.05, 0) is 89.0 Å². The Balaban J connectivity index is 1.50. The highest BCUT2D eigenvalue weighted by atomic mass is 127. The molecular formula is C31H29Cl2IN4O3. The van der Waals surface area contributed by atoms with Gasteiger partial charge in [-0.15, -0.1) is 0 Å². The molecule has 212 valence electrons. The summed E-state index contributed by atoms with van der Waals surface area (Å²) in [6.07, 6.45) is 1.74. The fourth-order valence-electron chi connectivity index (χ4n) is 6.73. The van der Waals surface area contributed by atoms with Gasteiger partial charge in [-0.25, -0.2) is 0 Å². The molecule has 3 aliphatic rings. The largest absolute Gasteiger partial charge is 0.382 e. The van der Waals surface area contributed by atoms with Crippen LogP contribution in [0.25, 0.3) is 0 Å². The first-order valence-corrected chi connectivity index (χ1v) is 15.5. The monoisotopic (exact) mass is 702 g/mol.